The van der Waals surface area contributed by atoms with Crippen LogP contribution in [0.2, 0.25) is 0 Å². The van der Waals surface area contributed by atoms with Crippen LogP contribution in [0.1, 0.15) is 29.8 Å². The van der Waals surface area contributed by atoms with Gasteiger partial charge in [-0.25, -0.2) is 9.78 Å². The summed E-state index contributed by atoms with van der Waals surface area (Å²) in [6.07, 6.45) is 2.24. The first kappa shape index (κ1) is 19.6. The van der Waals surface area contributed by atoms with Gasteiger partial charge < -0.3 is 24.8 Å². The van der Waals surface area contributed by atoms with E-state index in [4.69, 9.17) is 4.74 Å². The number of ether oxygens (including phenoxy) is 1. The number of aromatic nitrogens is 2. The van der Waals surface area contributed by atoms with Crippen molar-refractivity contribution in [2.75, 3.05) is 40.3 Å². The first-order valence-electron chi connectivity index (χ1n) is 9.68. The van der Waals surface area contributed by atoms with Crippen LogP contribution in [-0.2, 0) is 11.3 Å². The average Bonchev–Trinajstić information content (AvgIpc) is 3.29. The normalized spacial score (nSPS) is 17.0. The van der Waals surface area contributed by atoms with Crippen molar-refractivity contribution in [1.82, 2.24) is 25.1 Å². The fourth-order valence-electron chi connectivity index (χ4n) is 3.35. The highest BCUT2D eigenvalue weighted by Crippen LogP contribution is 2.19. The van der Waals surface area contributed by atoms with Crippen LogP contribution < -0.4 is 5.32 Å². The maximum Gasteiger partial charge on any atom is 0.317 e. The minimum Gasteiger partial charge on any atom is -0.376 e. The van der Waals surface area contributed by atoms with Crippen molar-refractivity contribution in [2.24, 2.45) is 0 Å². The van der Waals surface area contributed by atoms with Crippen LogP contribution in [0.15, 0.2) is 12.1 Å². The van der Waals surface area contributed by atoms with Crippen molar-refractivity contribution in [3.8, 4) is 0 Å². The number of hydrogen-bond donors (Lipinski definition) is 2. The van der Waals surface area contributed by atoms with Crippen LogP contribution in [-0.4, -0.2) is 72.2 Å². The molecule has 1 saturated heterocycles. The number of nitrogens with one attached hydrogen (secondary N) is 2. The number of aromatic amines is 1. The summed E-state index contributed by atoms with van der Waals surface area (Å²) in [6, 6.07) is 4.06. The van der Waals surface area contributed by atoms with Gasteiger partial charge in [0.1, 0.15) is 5.82 Å². The number of urea groups is 1. The maximum absolute atomic E-state index is 12.8. The molecule has 2 aromatic rings. The molecule has 27 heavy (non-hydrogen) atoms. The number of carbonyl (C=O) groups excluding carboxylic acids is 1. The van der Waals surface area contributed by atoms with Crippen molar-refractivity contribution in [1.29, 1.82) is 0 Å². The van der Waals surface area contributed by atoms with Gasteiger partial charge in [0.15, 0.2) is 0 Å². The quantitative estimate of drug-likeness (QED) is 0.782. The van der Waals surface area contributed by atoms with Crippen LogP contribution >= 0.6 is 0 Å². The molecular formula is C20H31N5O2. The second-order valence-corrected chi connectivity index (χ2v) is 7.63. The van der Waals surface area contributed by atoms with Gasteiger partial charge in [0.25, 0.3) is 0 Å². The van der Waals surface area contributed by atoms with Gasteiger partial charge in [-0.3, -0.25) is 0 Å². The number of imidazole rings is 1. The molecule has 7 nitrogen and oxygen atoms in total. The predicted octanol–water partition coefficient (Wildman–Crippen LogP) is 2.43. The number of nitrogens with zero attached hydrogens (tertiary/aromatic N) is 3. The van der Waals surface area contributed by atoms with Gasteiger partial charge in [0.05, 0.1) is 23.7 Å². The molecule has 2 N–H and O–H groups in total. The molecule has 1 aliphatic heterocycles. The monoisotopic (exact) mass is 373 g/mol. The van der Waals surface area contributed by atoms with E-state index < -0.39 is 0 Å². The van der Waals surface area contributed by atoms with Crippen molar-refractivity contribution in [2.45, 2.75) is 39.3 Å². The number of amides is 2. The number of benzene rings is 1. The summed E-state index contributed by atoms with van der Waals surface area (Å²) in [7, 11) is 4.03. The number of H-pyrrole nitrogens is 1. The van der Waals surface area contributed by atoms with E-state index in [-0.39, 0.29) is 12.1 Å². The topological polar surface area (TPSA) is 73.5 Å². The zero-order chi connectivity index (χ0) is 19.4. The highest BCUT2D eigenvalue weighted by atomic mass is 16.5. The third-order valence-corrected chi connectivity index (χ3v) is 5.19. The number of hydrogen-bond acceptors (Lipinski definition) is 4. The van der Waals surface area contributed by atoms with E-state index in [9.17, 15) is 4.79 Å². The molecule has 0 radical (unpaired) electrons. The Bertz CT molecular complexity index is 780. The number of fused-ring (bicyclic) bond motifs is 1. The summed E-state index contributed by atoms with van der Waals surface area (Å²) in [5.41, 5.74) is 4.37. The molecule has 3 rings (SSSR count). The fourth-order valence-corrected chi connectivity index (χ4v) is 3.35. The summed E-state index contributed by atoms with van der Waals surface area (Å²) in [5, 5.41) is 3.01. The van der Waals surface area contributed by atoms with Crippen molar-refractivity contribution in [3.05, 3.63) is 29.1 Å². The molecule has 2 amide bonds. The minimum absolute atomic E-state index is 0.0688. The van der Waals surface area contributed by atoms with Crippen molar-refractivity contribution >= 4 is 17.1 Å². The third-order valence-electron chi connectivity index (χ3n) is 5.19. The van der Waals surface area contributed by atoms with Crippen molar-refractivity contribution < 1.29 is 9.53 Å². The number of rotatable bonds is 7. The summed E-state index contributed by atoms with van der Waals surface area (Å²) in [5.74, 6) is 0.775. The highest BCUT2D eigenvalue weighted by Gasteiger charge is 2.22. The second-order valence-electron chi connectivity index (χ2n) is 7.63. The molecule has 2 heterocycles. The van der Waals surface area contributed by atoms with Crippen LogP contribution in [0.4, 0.5) is 4.79 Å². The molecule has 0 saturated carbocycles. The Labute approximate surface area is 161 Å². The molecule has 148 valence electrons. The lowest BCUT2D eigenvalue weighted by molar-refractivity contribution is 0.0795. The molecular weight excluding hydrogens is 342 g/mol. The summed E-state index contributed by atoms with van der Waals surface area (Å²) >= 11 is 0. The van der Waals surface area contributed by atoms with E-state index in [1.807, 2.05) is 25.1 Å². The number of likely N-dealkylation sites (N-methyl/N-ethyl adjacent to an activating group) is 1. The molecule has 0 bridgehead atoms. The van der Waals surface area contributed by atoms with Gasteiger partial charge >= 0.3 is 6.03 Å². The predicted molar refractivity (Wildman–Crippen MR) is 107 cm³/mol. The van der Waals surface area contributed by atoms with Crippen LogP contribution in [0.5, 0.6) is 0 Å². The van der Waals surface area contributed by atoms with E-state index >= 15 is 0 Å². The van der Waals surface area contributed by atoms with E-state index in [1.165, 1.54) is 11.1 Å². The molecule has 7 heteroatoms. The minimum atomic E-state index is -0.0688. The lowest BCUT2D eigenvalue weighted by Gasteiger charge is -2.26. The molecule has 1 aromatic carbocycles. The first-order valence-corrected chi connectivity index (χ1v) is 9.68. The van der Waals surface area contributed by atoms with E-state index in [1.54, 1.807) is 0 Å². The van der Waals surface area contributed by atoms with Gasteiger partial charge in [0.2, 0.25) is 0 Å². The van der Waals surface area contributed by atoms with E-state index in [2.05, 4.69) is 40.1 Å². The number of carbonyl (C=O) groups is 1. The van der Waals surface area contributed by atoms with Crippen LogP contribution in [0.3, 0.4) is 0 Å². The Balaban J connectivity index is 1.62. The average molecular weight is 374 g/mol. The van der Waals surface area contributed by atoms with Gasteiger partial charge in [-0.15, -0.1) is 0 Å². The zero-order valence-corrected chi connectivity index (χ0v) is 16.8. The molecule has 0 aliphatic carbocycles. The lowest BCUT2D eigenvalue weighted by Crippen LogP contribution is -2.46. The molecule has 1 aromatic heterocycles. The largest absolute Gasteiger partial charge is 0.376 e. The standard InChI is InChI=1S/C20H31N5O2/c1-14-7-8-17-19(15(14)2)23-18(22-17)12-21-20(26)25(10-9-24(3)4)13-16-6-5-11-27-16/h7-8,16H,5-6,9-13H2,1-4H3,(H,21,26)(H,22,23). The summed E-state index contributed by atoms with van der Waals surface area (Å²) < 4.78 is 5.71. The smallest absolute Gasteiger partial charge is 0.317 e. The van der Waals surface area contributed by atoms with Gasteiger partial charge in [-0.05, 0) is 58.0 Å². The van der Waals surface area contributed by atoms with Gasteiger partial charge in [0, 0.05) is 26.2 Å². The first-order chi connectivity index (χ1) is 12.9. The zero-order valence-electron chi connectivity index (χ0n) is 16.8. The highest BCUT2D eigenvalue weighted by molar-refractivity contribution is 5.80. The third kappa shape index (κ3) is 4.99. The fraction of sp³-hybridized carbons (Fsp3) is 0.600. The molecule has 1 unspecified atom stereocenters. The molecule has 1 aliphatic rings. The Morgan fingerprint density at radius 1 is 1.33 bits per heavy atom. The molecule has 0 spiro atoms. The van der Waals surface area contributed by atoms with Crippen LogP contribution in [0, 0.1) is 13.8 Å². The van der Waals surface area contributed by atoms with E-state index in [0.29, 0.717) is 19.6 Å². The van der Waals surface area contributed by atoms with Gasteiger partial charge in [-0.1, -0.05) is 6.07 Å². The van der Waals surface area contributed by atoms with Gasteiger partial charge in [-0.2, -0.15) is 0 Å². The molecule has 1 fully saturated rings. The Hall–Kier alpha value is -2.12. The van der Waals surface area contributed by atoms with E-state index in [0.717, 1.165) is 42.9 Å². The summed E-state index contributed by atoms with van der Waals surface area (Å²) in [6.45, 7) is 7.48. The Morgan fingerprint density at radius 2 is 2.15 bits per heavy atom. The SMILES string of the molecule is Cc1ccc2[nH]c(CNC(=O)N(CCN(C)C)CC3CCCO3)nc2c1C. The van der Waals surface area contributed by atoms with Crippen molar-refractivity contribution in [3.63, 3.8) is 0 Å². The molecule has 1 atom stereocenters. The maximum atomic E-state index is 12.8. The Kier molecular flexibility index (Phi) is 6.34. The lowest BCUT2D eigenvalue weighted by atomic mass is 10.1. The Morgan fingerprint density at radius 3 is 2.85 bits per heavy atom. The van der Waals surface area contributed by atoms with Crippen LogP contribution in [0.25, 0.3) is 11.0 Å². The summed E-state index contributed by atoms with van der Waals surface area (Å²) in [4.78, 5) is 24.7. The number of aryl methyl sites for hydroxylation is 2. The second kappa shape index (κ2) is 8.71.